The molecule has 2 aromatic carbocycles. The SMILES string of the molecule is COc1c(Cc2ccc3c(c2)OCO3)cc(=O)n2c1C(=S)C[C@H]2n1cc(-c2ccccc2)nn1. The summed E-state index contributed by atoms with van der Waals surface area (Å²) in [6, 6.07) is 17.2. The molecule has 1 atom stereocenters. The molecule has 0 aliphatic carbocycles. The topological polar surface area (TPSA) is 80.4 Å². The summed E-state index contributed by atoms with van der Waals surface area (Å²) in [6.07, 6.45) is 2.41. The number of ether oxygens (including phenoxy) is 3. The maximum Gasteiger partial charge on any atom is 0.253 e. The highest BCUT2D eigenvalue weighted by Crippen LogP contribution is 2.37. The Hall–Kier alpha value is -3.98. The molecular weight excluding hydrogens is 452 g/mol. The van der Waals surface area contributed by atoms with Crippen LogP contribution in [0.2, 0.25) is 0 Å². The van der Waals surface area contributed by atoms with Crippen LogP contribution in [-0.4, -0.2) is 38.3 Å². The van der Waals surface area contributed by atoms with Gasteiger partial charge in [0.2, 0.25) is 6.79 Å². The number of rotatable bonds is 5. The van der Waals surface area contributed by atoms with E-state index in [2.05, 4.69) is 10.3 Å². The highest BCUT2D eigenvalue weighted by atomic mass is 32.1. The maximum absolute atomic E-state index is 13.3. The first-order valence-corrected chi connectivity index (χ1v) is 11.2. The number of thiocarbonyl (C=S) groups is 1. The quantitative estimate of drug-likeness (QED) is 0.411. The zero-order chi connectivity index (χ0) is 23.2. The summed E-state index contributed by atoms with van der Waals surface area (Å²) in [5.41, 5.74) is 3.91. The molecule has 2 aliphatic rings. The molecule has 0 saturated heterocycles. The molecule has 170 valence electrons. The number of hydrogen-bond donors (Lipinski definition) is 0. The summed E-state index contributed by atoms with van der Waals surface area (Å²) in [6.45, 7) is 0.215. The molecule has 0 radical (unpaired) electrons. The Labute approximate surface area is 200 Å². The Kier molecular flexibility index (Phi) is 4.91. The number of benzene rings is 2. The van der Waals surface area contributed by atoms with Crippen molar-refractivity contribution in [1.29, 1.82) is 0 Å². The third-order valence-corrected chi connectivity index (χ3v) is 6.49. The Morgan fingerprint density at radius 2 is 1.94 bits per heavy atom. The summed E-state index contributed by atoms with van der Waals surface area (Å²) >= 11 is 5.72. The number of methoxy groups -OCH3 is 1. The average Bonchev–Trinajstić information content (AvgIpc) is 3.59. The Morgan fingerprint density at radius 3 is 2.76 bits per heavy atom. The summed E-state index contributed by atoms with van der Waals surface area (Å²) in [5.74, 6) is 2.02. The van der Waals surface area contributed by atoms with E-state index in [9.17, 15) is 4.79 Å². The molecule has 2 aromatic heterocycles. The first kappa shape index (κ1) is 20.6. The molecule has 34 heavy (non-hydrogen) atoms. The zero-order valence-corrected chi connectivity index (χ0v) is 19.1. The molecule has 8 nitrogen and oxygen atoms in total. The van der Waals surface area contributed by atoms with Gasteiger partial charge in [-0.25, -0.2) is 4.68 Å². The van der Waals surface area contributed by atoms with Gasteiger partial charge in [0.05, 0.1) is 13.3 Å². The predicted molar refractivity (Wildman–Crippen MR) is 129 cm³/mol. The minimum atomic E-state index is -0.395. The van der Waals surface area contributed by atoms with E-state index in [1.54, 1.807) is 22.4 Å². The first-order valence-electron chi connectivity index (χ1n) is 10.8. The van der Waals surface area contributed by atoms with Crippen LogP contribution in [0.4, 0.5) is 0 Å². The van der Waals surface area contributed by atoms with E-state index in [1.807, 2.05) is 54.7 Å². The fraction of sp³-hybridized carbons (Fsp3) is 0.200. The molecule has 0 saturated carbocycles. The lowest BCUT2D eigenvalue weighted by Gasteiger charge is -2.17. The van der Waals surface area contributed by atoms with E-state index in [4.69, 9.17) is 26.4 Å². The molecule has 9 heteroatoms. The van der Waals surface area contributed by atoms with E-state index in [0.717, 1.165) is 28.1 Å². The van der Waals surface area contributed by atoms with Crippen LogP contribution < -0.4 is 19.8 Å². The van der Waals surface area contributed by atoms with E-state index in [0.29, 0.717) is 34.9 Å². The van der Waals surface area contributed by atoms with E-state index < -0.39 is 6.17 Å². The third-order valence-electron chi connectivity index (χ3n) is 6.13. The molecule has 0 N–H and O–H groups in total. The first-order chi connectivity index (χ1) is 16.6. The van der Waals surface area contributed by atoms with Crippen molar-refractivity contribution < 1.29 is 14.2 Å². The minimum absolute atomic E-state index is 0.159. The number of hydrogen-bond acceptors (Lipinski definition) is 7. The summed E-state index contributed by atoms with van der Waals surface area (Å²) in [4.78, 5) is 14.0. The molecule has 4 aromatic rings. The highest BCUT2D eigenvalue weighted by molar-refractivity contribution is 7.80. The van der Waals surface area contributed by atoms with Gasteiger partial charge in [0.1, 0.15) is 23.3 Å². The monoisotopic (exact) mass is 472 g/mol. The van der Waals surface area contributed by atoms with Gasteiger partial charge in [-0.05, 0) is 17.7 Å². The number of nitrogens with zero attached hydrogens (tertiary/aromatic N) is 4. The van der Waals surface area contributed by atoms with Crippen LogP contribution in [-0.2, 0) is 6.42 Å². The van der Waals surface area contributed by atoms with Gasteiger partial charge in [0.15, 0.2) is 11.5 Å². The zero-order valence-electron chi connectivity index (χ0n) is 18.3. The van der Waals surface area contributed by atoms with Crippen LogP contribution >= 0.6 is 12.2 Å². The van der Waals surface area contributed by atoms with Crippen LogP contribution in [0, 0.1) is 0 Å². The summed E-state index contributed by atoms with van der Waals surface area (Å²) in [5, 5.41) is 8.61. The van der Waals surface area contributed by atoms with Gasteiger partial charge in [-0.1, -0.05) is 53.8 Å². The standard InChI is InChI=1S/C25H20N4O4S/c1-31-25-17(9-15-7-8-19-20(10-15)33-14-32-19)11-23(30)29-22(12-21(34)24(25)29)28-13-18(26-27-28)16-5-3-2-4-6-16/h2-8,10-11,13,22H,9,12,14H2,1H3/t22-/m0/s1. The van der Waals surface area contributed by atoms with Crippen molar-refractivity contribution in [3.63, 3.8) is 0 Å². The van der Waals surface area contributed by atoms with Gasteiger partial charge in [0, 0.05) is 34.9 Å². The molecule has 0 fully saturated rings. The smallest absolute Gasteiger partial charge is 0.253 e. The number of fused-ring (bicyclic) bond motifs is 2. The maximum atomic E-state index is 13.3. The fourth-order valence-corrected chi connectivity index (χ4v) is 4.91. The van der Waals surface area contributed by atoms with Gasteiger partial charge in [-0.2, -0.15) is 0 Å². The molecular formula is C25H20N4O4S. The lowest BCUT2D eigenvalue weighted by molar-refractivity contribution is 0.174. The Bertz CT molecular complexity index is 1480. The van der Waals surface area contributed by atoms with Crippen molar-refractivity contribution >= 4 is 17.1 Å². The normalized spacial score (nSPS) is 16.0. The lowest BCUT2D eigenvalue weighted by Crippen LogP contribution is -2.28. The van der Waals surface area contributed by atoms with Crippen molar-refractivity contribution in [2.24, 2.45) is 0 Å². The second-order valence-corrected chi connectivity index (χ2v) is 8.67. The minimum Gasteiger partial charge on any atom is -0.494 e. The van der Waals surface area contributed by atoms with Crippen LogP contribution in [0.3, 0.4) is 0 Å². The van der Waals surface area contributed by atoms with E-state index in [-0.39, 0.29) is 12.4 Å². The predicted octanol–water partition coefficient (Wildman–Crippen LogP) is 3.60. The van der Waals surface area contributed by atoms with Crippen molar-refractivity contribution in [3.05, 3.63) is 88.0 Å². The lowest BCUT2D eigenvalue weighted by atomic mass is 10.0. The van der Waals surface area contributed by atoms with Gasteiger partial charge in [-0.3, -0.25) is 9.36 Å². The second-order valence-electron chi connectivity index (χ2n) is 8.18. The van der Waals surface area contributed by atoms with E-state index >= 15 is 0 Å². The van der Waals surface area contributed by atoms with Gasteiger partial charge in [-0.15, -0.1) is 5.10 Å². The van der Waals surface area contributed by atoms with E-state index in [1.165, 1.54) is 0 Å². The van der Waals surface area contributed by atoms with Crippen molar-refractivity contribution in [1.82, 2.24) is 19.6 Å². The molecule has 2 aliphatic heterocycles. The largest absolute Gasteiger partial charge is 0.494 e. The van der Waals surface area contributed by atoms with Crippen molar-refractivity contribution in [2.75, 3.05) is 13.9 Å². The fourth-order valence-electron chi connectivity index (χ4n) is 4.57. The molecule has 0 unspecified atom stereocenters. The molecule has 4 heterocycles. The Morgan fingerprint density at radius 1 is 1.12 bits per heavy atom. The molecule has 6 rings (SSSR count). The highest BCUT2D eigenvalue weighted by Gasteiger charge is 2.34. The van der Waals surface area contributed by atoms with Gasteiger partial charge in [0.25, 0.3) is 5.56 Å². The molecule has 0 amide bonds. The average molecular weight is 473 g/mol. The summed E-state index contributed by atoms with van der Waals surface area (Å²) < 4.78 is 20.0. The second kappa shape index (κ2) is 8.11. The molecule has 0 bridgehead atoms. The third kappa shape index (κ3) is 3.36. The van der Waals surface area contributed by atoms with Gasteiger partial charge >= 0.3 is 0 Å². The van der Waals surface area contributed by atoms with Crippen LogP contribution in [0.5, 0.6) is 17.2 Å². The van der Waals surface area contributed by atoms with Crippen molar-refractivity contribution in [3.8, 4) is 28.5 Å². The Balaban J connectivity index is 1.39. The number of aromatic nitrogens is 4. The molecule has 0 spiro atoms. The summed E-state index contributed by atoms with van der Waals surface area (Å²) in [7, 11) is 1.60. The van der Waals surface area contributed by atoms with Crippen LogP contribution in [0.25, 0.3) is 11.3 Å². The number of pyridine rings is 1. The van der Waals surface area contributed by atoms with Crippen LogP contribution in [0.1, 0.15) is 29.4 Å². The van der Waals surface area contributed by atoms with Gasteiger partial charge < -0.3 is 14.2 Å². The van der Waals surface area contributed by atoms with Crippen LogP contribution in [0.15, 0.2) is 65.6 Å². The van der Waals surface area contributed by atoms with Crippen molar-refractivity contribution in [2.45, 2.75) is 19.0 Å².